The van der Waals surface area contributed by atoms with E-state index in [0.717, 1.165) is 34.9 Å². The van der Waals surface area contributed by atoms with Crippen LogP contribution in [-0.2, 0) is 11.2 Å². The highest BCUT2D eigenvalue weighted by Crippen LogP contribution is 2.59. The van der Waals surface area contributed by atoms with Gasteiger partial charge in [0.1, 0.15) is 0 Å². The van der Waals surface area contributed by atoms with Crippen LogP contribution in [0.5, 0.6) is 0 Å². The molecule has 3 nitrogen and oxygen atoms in total. The summed E-state index contributed by atoms with van der Waals surface area (Å²) < 4.78 is 0. The second-order valence-corrected chi connectivity index (χ2v) is 7.41. The molecule has 0 radical (unpaired) electrons. The van der Waals surface area contributed by atoms with Crippen LogP contribution in [0.25, 0.3) is 0 Å². The highest BCUT2D eigenvalue weighted by Gasteiger charge is 2.49. The minimum absolute atomic E-state index is 0.124. The summed E-state index contributed by atoms with van der Waals surface area (Å²) >= 11 is 0. The van der Waals surface area contributed by atoms with Gasteiger partial charge in [-0.15, -0.1) is 0 Å². The van der Waals surface area contributed by atoms with Crippen molar-refractivity contribution in [2.45, 2.75) is 51.4 Å². The average molecular weight is 273 g/mol. The Bertz CT molecular complexity index is 517. The number of hydrogen-bond donors (Lipinski definition) is 2. The van der Waals surface area contributed by atoms with Crippen molar-refractivity contribution in [1.29, 1.82) is 0 Å². The SMILES string of the molecule is Cc1cc(C2C3CC4CC(C3)CC2C4)[nH]c1CC(=O)O. The average Bonchev–Trinajstić information content (AvgIpc) is 2.68. The normalized spacial score (nSPS) is 38.4. The molecular formula is C17H23NO2. The first-order valence-electron chi connectivity index (χ1n) is 8.00. The third-order valence-electron chi connectivity index (χ3n) is 6.06. The standard InChI is InChI=1S/C17H23NO2/c1-9-2-15(18-14(9)8-16(19)20)17-12-4-10-3-11(6-12)7-13(17)5-10/h2,10-13,17-18H,3-8H2,1H3,(H,19,20). The van der Waals surface area contributed by atoms with E-state index in [0.29, 0.717) is 5.92 Å². The van der Waals surface area contributed by atoms with Crippen molar-refractivity contribution in [3.8, 4) is 0 Å². The number of rotatable bonds is 3. The number of aliphatic carboxylic acids is 1. The molecule has 4 bridgehead atoms. The summed E-state index contributed by atoms with van der Waals surface area (Å²) in [7, 11) is 0. The van der Waals surface area contributed by atoms with Gasteiger partial charge in [-0.1, -0.05) is 0 Å². The fourth-order valence-corrected chi connectivity index (χ4v) is 5.58. The zero-order valence-corrected chi connectivity index (χ0v) is 12.1. The molecule has 0 aliphatic heterocycles. The van der Waals surface area contributed by atoms with Crippen molar-refractivity contribution in [1.82, 2.24) is 4.98 Å². The lowest BCUT2D eigenvalue weighted by Crippen LogP contribution is -2.43. The molecule has 20 heavy (non-hydrogen) atoms. The predicted molar refractivity (Wildman–Crippen MR) is 76.7 cm³/mol. The molecule has 3 heteroatoms. The Morgan fingerprint density at radius 1 is 1.20 bits per heavy atom. The second kappa shape index (κ2) is 4.37. The third-order valence-corrected chi connectivity index (χ3v) is 6.06. The molecular weight excluding hydrogens is 250 g/mol. The van der Waals surface area contributed by atoms with Crippen molar-refractivity contribution in [3.05, 3.63) is 23.0 Å². The molecule has 1 heterocycles. The van der Waals surface area contributed by atoms with Gasteiger partial charge in [0.25, 0.3) is 0 Å². The lowest BCUT2D eigenvalue weighted by molar-refractivity contribution is -0.136. The van der Waals surface area contributed by atoms with Crippen LogP contribution in [0, 0.1) is 30.6 Å². The Morgan fingerprint density at radius 2 is 1.80 bits per heavy atom. The summed E-state index contributed by atoms with van der Waals surface area (Å²) in [5.74, 6) is 3.60. The summed E-state index contributed by atoms with van der Waals surface area (Å²) in [6.07, 6.45) is 7.23. The van der Waals surface area contributed by atoms with Crippen LogP contribution >= 0.6 is 0 Å². The summed E-state index contributed by atoms with van der Waals surface area (Å²) in [5, 5.41) is 8.99. The first-order valence-corrected chi connectivity index (χ1v) is 8.00. The molecule has 4 saturated carbocycles. The Hall–Kier alpha value is -1.25. The van der Waals surface area contributed by atoms with E-state index in [4.69, 9.17) is 5.11 Å². The van der Waals surface area contributed by atoms with Crippen molar-refractivity contribution >= 4 is 5.97 Å². The fraction of sp³-hybridized carbons (Fsp3) is 0.706. The molecule has 0 saturated heterocycles. The highest BCUT2D eigenvalue weighted by atomic mass is 16.4. The van der Waals surface area contributed by atoms with Crippen LogP contribution in [0.1, 0.15) is 55.0 Å². The number of nitrogens with one attached hydrogen (secondary N) is 1. The van der Waals surface area contributed by atoms with Gasteiger partial charge < -0.3 is 10.1 Å². The molecule has 5 rings (SSSR count). The summed E-state index contributed by atoms with van der Waals surface area (Å²) in [6, 6.07) is 2.23. The number of carboxylic acid groups (broad SMARTS) is 1. The quantitative estimate of drug-likeness (QED) is 0.885. The van der Waals surface area contributed by atoms with E-state index >= 15 is 0 Å². The molecule has 0 unspecified atom stereocenters. The van der Waals surface area contributed by atoms with Gasteiger partial charge in [0.05, 0.1) is 6.42 Å². The largest absolute Gasteiger partial charge is 0.481 e. The van der Waals surface area contributed by atoms with Gasteiger partial charge in [0.15, 0.2) is 0 Å². The smallest absolute Gasteiger partial charge is 0.309 e. The fourth-order valence-electron chi connectivity index (χ4n) is 5.58. The van der Waals surface area contributed by atoms with Gasteiger partial charge in [-0.2, -0.15) is 0 Å². The lowest BCUT2D eigenvalue weighted by Gasteiger charge is -2.54. The monoisotopic (exact) mass is 273 g/mol. The summed E-state index contributed by atoms with van der Waals surface area (Å²) in [5.41, 5.74) is 3.35. The second-order valence-electron chi connectivity index (χ2n) is 7.41. The van der Waals surface area contributed by atoms with E-state index in [-0.39, 0.29) is 6.42 Å². The van der Waals surface area contributed by atoms with Crippen LogP contribution in [0.4, 0.5) is 0 Å². The first kappa shape index (κ1) is 12.5. The zero-order valence-electron chi connectivity index (χ0n) is 12.1. The Morgan fingerprint density at radius 3 is 2.35 bits per heavy atom. The predicted octanol–water partition coefficient (Wildman–Crippen LogP) is 3.49. The van der Waals surface area contributed by atoms with Crippen LogP contribution < -0.4 is 0 Å². The maximum atomic E-state index is 10.9. The first-order chi connectivity index (χ1) is 9.60. The number of H-pyrrole nitrogens is 1. The highest BCUT2D eigenvalue weighted by molar-refractivity contribution is 5.70. The van der Waals surface area contributed by atoms with Crippen LogP contribution in [-0.4, -0.2) is 16.1 Å². The number of aromatic nitrogens is 1. The molecule has 1 aromatic heterocycles. The van der Waals surface area contributed by atoms with Crippen molar-refractivity contribution in [2.24, 2.45) is 23.7 Å². The zero-order chi connectivity index (χ0) is 13.9. The molecule has 4 aliphatic carbocycles. The topological polar surface area (TPSA) is 53.1 Å². The van der Waals surface area contributed by atoms with Gasteiger partial charge in [0, 0.05) is 17.3 Å². The van der Waals surface area contributed by atoms with Crippen LogP contribution in [0.15, 0.2) is 6.07 Å². The minimum atomic E-state index is -0.744. The molecule has 2 N–H and O–H groups in total. The van der Waals surface area contributed by atoms with Gasteiger partial charge in [-0.3, -0.25) is 4.79 Å². The Balaban J connectivity index is 1.63. The van der Waals surface area contributed by atoms with Crippen LogP contribution in [0.3, 0.4) is 0 Å². The number of aryl methyl sites for hydroxylation is 1. The van der Waals surface area contributed by atoms with E-state index in [2.05, 4.69) is 11.1 Å². The van der Waals surface area contributed by atoms with Crippen molar-refractivity contribution < 1.29 is 9.90 Å². The summed E-state index contributed by atoms with van der Waals surface area (Å²) in [4.78, 5) is 14.4. The van der Waals surface area contributed by atoms with Crippen LogP contribution in [0.2, 0.25) is 0 Å². The minimum Gasteiger partial charge on any atom is -0.481 e. The van der Waals surface area contributed by atoms with E-state index in [1.54, 1.807) is 0 Å². The molecule has 0 aromatic carbocycles. The maximum Gasteiger partial charge on any atom is 0.309 e. The van der Waals surface area contributed by atoms with Gasteiger partial charge in [-0.05, 0) is 74.3 Å². The number of carboxylic acids is 1. The van der Waals surface area contributed by atoms with Gasteiger partial charge in [-0.25, -0.2) is 0 Å². The van der Waals surface area contributed by atoms with Gasteiger partial charge in [0.2, 0.25) is 0 Å². The number of hydrogen-bond acceptors (Lipinski definition) is 1. The Kier molecular flexibility index (Phi) is 2.73. The molecule has 4 fully saturated rings. The molecule has 0 spiro atoms. The van der Waals surface area contributed by atoms with Crippen molar-refractivity contribution in [2.75, 3.05) is 0 Å². The molecule has 108 valence electrons. The Labute approximate surface area is 119 Å². The van der Waals surface area contributed by atoms with E-state index in [1.165, 1.54) is 37.8 Å². The van der Waals surface area contributed by atoms with Gasteiger partial charge >= 0.3 is 5.97 Å². The maximum absolute atomic E-state index is 10.9. The number of carbonyl (C=O) groups is 1. The third kappa shape index (κ3) is 1.90. The lowest BCUT2D eigenvalue weighted by atomic mass is 9.51. The number of aromatic amines is 1. The van der Waals surface area contributed by atoms with E-state index in [1.807, 2.05) is 6.92 Å². The summed E-state index contributed by atoms with van der Waals surface area (Å²) in [6.45, 7) is 2.04. The molecule has 0 amide bonds. The molecule has 4 aliphatic rings. The van der Waals surface area contributed by atoms with E-state index in [9.17, 15) is 4.79 Å². The van der Waals surface area contributed by atoms with Crippen molar-refractivity contribution in [3.63, 3.8) is 0 Å². The molecule has 1 aromatic rings. The van der Waals surface area contributed by atoms with E-state index < -0.39 is 5.97 Å². The molecule has 0 atom stereocenters.